The van der Waals surface area contributed by atoms with Gasteiger partial charge in [0.25, 0.3) is 5.91 Å². The number of carbonyl (C=O) groups is 2. The van der Waals surface area contributed by atoms with E-state index in [0.29, 0.717) is 15.8 Å². The first-order valence-corrected chi connectivity index (χ1v) is 10.7. The van der Waals surface area contributed by atoms with Crippen LogP contribution in [0.3, 0.4) is 0 Å². The monoisotopic (exact) mass is 420 g/mol. The molecule has 0 spiro atoms. The molecule has 2 amide bonds. The highest BCUT2D eigenvalue weighted by Crippen LogP contribution is 2.32. The van der Waals surface area contributed by atoms with Crippen molar-refractivity contribution in [2.45, 2.75) is 12.8 Å². The smallest absolute Gasteiger partial charge is 0.266 e. The summed E-state index contributed by atoms with van der Waals surface area (Å²) in [5.74, 6) is -0.314. The third-order valence-corrected chi connectivity index (χ3v) is 6.31. The highest BCUT2D eigenvalue weighted by atomic mass is 32.2. The minimum absolute atomic E-state index is 0.0290. The van der Waals surface area contributed by atoms with E-state index in [4.69, 9.17) is 12.2 Å². The first-order chi connectivity index (χ1) is 14.1. The molecule has 2 aliphatic heterocycles. The molecule has 4 rings (SSSR count). The van der Waals surface area contributed by atoms with Crippen LogP contribution in [0.15, 0.2) is 71.7 Å². The lowest BCUT2D eigenvalue weighted by Gasteiger charge is -2.30. The summed E-state index contributed by atoms with van der Waals surface area (Å²) in [6.07, 6.45) is 7.42. The largest absolute Gasteiger partial charge is 0.311 e. The van der Waals surface area contributed by atoms with Crippen LogP contribution in [-0.2, 0) is 16.0 Å². The molecule has 146 valence electrons. The molecule has 0 unspecified atom stereocenters. The van der Waals surface area contributed by atoms with Gasteiger partial charge in [0.1, 0.15) is 10.9 Å². The number of nitrogens with zero attached hydrogens (tertiary/aromatic N) is 2. The Morgan fingerprint density at radius 3 is 2.69 bits per heavy atom. The molecule has 0 atom stereocenters. The van der Waals surface area contributed by atoms with Crippen molar-refractivity contribution >= 4 is 51.9 Å². The minimum atomic E-state index is -0.212. The van der Waals surface area contributed by atoms with Gasteiger partial charge in [0.05, 0.1) is 4.91 Å². The van der Waals surface area contributed by atoms with Crippen LogP contribution in [-0.4, -0.2) is 34.1 Å². The van der Waals surface area contributed by atoms with Crippen molar-refractivity contribution in [1.82, 2.24) is 4.90 Å². The summed E-state index contributed by atoms with van der Waals surface area (Å²) in [6.45, 7) is 0.638. The molecule has 29 heavy (non-hydrogen) atoms. The third kappa shape index (κ3) is 4.33. The van der Waals surface area contributed by atoms with Crippen LogP contribution in [0.25, 0.3) is 6.08 Å². The zero-order valence-electron chi connectivity index (χ0n) is 15.8. The number of fused-ring (bicyclic) bond motifs is 1. The van der Waals surface area contributed by atoms with Gasteiger partial charge in [0.2, 0.25) is 5.91 Å². The molecule has 6 heteroatoms. The van der Waals surface area contributed by atoms with Crippen LogP contribution < -0.4 is 4.90 Å². The fourth-order valence-electron chi connectivity index (χ4n) is 3.47. The summed E-state index contributed by atoms with van der Waals surface area (Å²) in [6, 6.07) is 17.8. The lowest BCUT2D eigenvalue weighted by molar-refractivity contribution is -0.127. The third-order valence-electron chi connectivity index (χ3n) is 4.91. The molecule has 1 saturated heterocycles. The number of thioether (sulfide) groups is 1. The lowest BCUT2D eigenvalue weighted by Crippen LogP contribution is -2.44. The van der Waals surface area contributed by atoms with Gasteiger partial charge in [-0.3, -0.25) is 14.5 Å². The Morgan fingerprint density at radius 1 is 1.10 bits per heavy atom. The van der Waals surface area contributed by atoms with Gasteiger partial charge in [-0.05, 0) is 36.1 Å². The van der Waals surface area contributed by atoms with E-state index in [1.165, 1.54) is 22.2 Å². The summed E-state index contributed by atoms with van der Waals surface area (Å²) in [5, 5.41) is 0. The number of thiocarbonyl (C=S) groups is 1. The number of anilines is 1. The summed E-state index contributed by atoms with van der Waals surface area (Å²) >= 11 is 6.61. The van der Waals surface area contributed by atoms with Crippen LogP contribution >= 0.6 is 24.0 Å². The minimum Gasteiger partial charge on any atom is -0.311 e. The second-order valence-electron chi connectivity index (χ2n) is 6.84. The van der Waals surface area contributed by atoms with Gasteiger partial charge in [-0.25, -0.2) is 0 Å². The maximum absolute atomic E-state index is 12.9. The molecule has 2 aromatic carbocycles. The molecule has 2 aliphatic rings. The number of aryl methyl sites for hydroxylation is 1. The van der Waals surface area contributed by atoms with E-state index < -0.39 is 0 Å². The highest BCUT2D eigenvalue weighted by molar-refractivity contribution is 8.26. The highest BCUT2D eigenvalue weighted by Gasteiger charge is 2.34. The standard InChI is InChI=1S/C23H20N2O2S2/c26-21(24-15-7-12-18-11-4-5-13-19(18)24)16-25-22(27)20(29-23(25)28)14-6-10-17-8-2-1-3-9-17/h1-6,8-11,13-14H,7,12,15-16H2. The molecule has 0 radical (unpaired) electrons. The van der Waals surface area contributed by atoms with Gasteiger partial charge < -0.3 is 4.90 Å². The number of carbonyl (C=O) groups excluding carboxylic acids is 2. The van der Waals surface area contributed by atoms with E-state index in [-0.39, 0.29) is 18.4 Å². The van der Waals surface area contributed by atoms with Gasteiger partial charge in [0, 0.05) is 12.2 Å². The van der Waals surface area contributed by atoms with E-state index in [2.05, 4.69) is 6.07 Å². The van der Waals surface area contributed by atoms with E-state index in [1.54, 1.807) is 11.0 Å². The van der Waals surface area contributed by atoms with Crippen molar-refractivity contribution in [3.63, 3.8) is 0 Å². The normalized spacial score (nSPS) is 18.0. The van der Waals surface area contributed by atoms with Crippen molar-refractivity contribution in [3.05, 3.63) is 82.8 Å². The zero-order valence-corrected chi connectivity index (χ0v) is 17.4. The predicted octanol–water partition coefficient (Wildman–Crippen LogP) is 4.42. The Hall–Kier alpha value is -2.70. The summed E-state index contributed by atoms with van der Waals surface area (Å²) in [5.41, 5.74) is 3.16. The summed E-state index contributed by atoms with van der Waals surface area (Å²) in [7, 11) is 0. The topological polar surface area (TPSA) is 40.6 Å². The Kier molecular flexibility index (Phi) is 5.92. The van der Waals surface area contributed by atoms with E-state index >= 15 is 0 Å². The van der Waals surface area contributed by atoms with E-state index in [0.717, 1.165) is 24.1 Å². The number of rotatable bonds is 4. The average Bonchev–Trinajstić information content (AvgIpc) is 3.01. The maximum atomic E-state index is 12.9. The maximum Gasteiger partial charge on any atom is 0.266 e. The van der Waals surface area contributed by atoms with Crippen molar-refractivity contribution in [1.29, 1.82) is 0 Å². The van der Waals surface area contributed by atoms with Crippen LogP contribution in [0.2, 0.25) is 0 Å². The number of benzene rings is 2. The van der Waals surface area contributed by atoms with Crippen molar-refractivity contribution < 1.29 is 9.59 Å². The SMILES string of the molecule is O=C1C(=CC=Cc2ccccc2)SC(=S)N1CC(=O)N1CCCc2ccccc21. The molecule has 0 bridgehead atoms. The fraction of sp³-hybridized carbons (Fsp3) is 0.174. The van der Waals surface area contributed by atoms with Crippen LogP contribution in [0.1, 0.15) is 17.5 Å². The van der Waals surface area contributed by atoms with Gasteiger partial charge >= 0.3 is 0 Å². The van der Waals surface area contributed by atoms with Crippen molar-refractivity contribution in [3.8, 4) is 0 Å². The molecule has 0 saturated carbocycles. The Morgan fingerprint density at radius 2 is 1.86 bits per heavy atom. The molecule has 2 heterocycles. The molecule has 0 N–H and O–H groups in total. The second-order valence-corrected chi connectivity index (χ2v) is 8.51. The first-order valence-electron chi connectivity index (χ1n) is 9.49. The number of allylic oxidation sites excluding steroid dienone is 2. The molecule has 4 nitrogen and oxygen atoms in total. The van der Waals surface area contributed by atoms with Crippen molar-refractivity contribution in [2.75, 3.05) is 18.0 Å². The Balaban J connectivity index is 1.45. The number of hydrogen-bond acceptors (Lipinski definition) is 4. The van der Waals surface area contributed by atoms with Gasteiger partial charge in [-0.15, -0.1) is 0 Å². The first kappa shape index (κ1) is 19.6. The lowest BCUT2D eigenvalue weighted by atomic mass is 10.0. The second kappa shape index (κ2) is 8.76. The van der Waals surface area contributed by atoms with E-state index in [9.17, 15) is 9.59 Å². The average molecular weight is 421 g/mol. The molecule has 0 aliphatic carbocycles. The van der Waals surface area contributed by atoms with Crippen molar-refractivity contribution in [2.24, 2.45) is 0 Å². The van der Waals surface area contributed by atoms with Gasteiger partial charge in [-0.2, -0.15) is 0 Å². The van der Waals surface area contributed by atoms with Gasteiger partial charge in [-0.1, -0.05) is 84.7 Å². The predicted molar refractivity (Wildman–Crippen MR) is 123 cm³/mol. The molecule has 0 aromatic heterocycles. The molecular weight excluding hydrogens is 400 g/mol. The summed E-state index contributed by atoms with van der Waals surface area (Å²) in [4.78, 5) is 29.4. The van der Waals surface area contributed by atoms with Crippen LogP contribution in [0.4, 0.5) is 5.69 Å². The fourth-order valence-corrected chi connectivity index (χ4v) is 4.68. The zero-order chi connectivity index (χ0) is 20.2. The van der Waals surface area contributed by atoms with Crippen LogP contribution in [0, 0.1) is 0 Å². The molecular formula is C23H20N2O2S2. The quantitative estimate of drug-likeness (QED) is 0.542. The summed E-state index contributed by atoms with van der Waals surface area (Å²) < 4.78 is 0.424. The Labute approximate surface area is 179 Å². The number of para-hydroxylation sites is 1. The molecule has 2 aromatic rings. The number of amides is 2. The Bertz CT molecular complexity index is 1010. The molecule has 1 fully saturated rings. The number of hydrogen-bond donors (Lipinski definition) is 0. The van der Waals surface area contributed by atoms with Crippen LogP contribution in [0.5, 0.6) is 0 Å². The van der Waals surface area contributed by atoms with E-state index in [1.807, 2.05) is 60.7 Å². The van der Waals surface area contributed by atoms with Gasteiger partial charge in [0.15, 0.2) is 0 Å².